The zero-order valence-electron chi connectivity index (χ0n) is 16.2. The van der Waals surface area contributed by atoms with Gasteiger partial charge in [-0.1, -0.05) is 12.1 Å². The van der Waals surface area contributed by atoms with Crippen molar-refractivity contribution in [2.45, 2.75) is 38.5 Å². The second-order valence-corrected chi connectivity index (χ2v) is 7.29. The van der Waals surface area contributed by atoms with Gasteiger partial charge in [0.25, 0.3) is 0 Å². The molecule has 2 amide bonds. The van der Waals surface area contributed by atoms with E-state index in [9.17, 15) is 22.8 Å². The molecule has 0 radical (unpaired) electrons. The highest BCUT2D eigenvalue weighted by molar-refractivity contribution is 5.84. The summed E-state index contributed by atoms with van der Waals surface area (Å²) >= 11 is 0. The van der Waals surface area contributed by atoms with Gasteiger partial charge in [0.2, 0.25) is 11.8 Å². The molecule has 0 spiro atoms. The molecule has 1 aliphatic heterocycles. The van der Waals surface area contributed by atoms with Crippen LogP contribution in [0, 0.1) is 12.8 Å². The summed E-state index contributed by atoms with van der Waals surface area (Å²) < 4.78 is 40.3. The number of hydrogen-bond acceptors (Lipinski definition) is 3. The molecule has 3 rings (SSSR count). The van der Waals surface area contributed by atoms with Crippen LogP contribution in [0.5, 0.6) is 0 Å². The van der Waals surface area contributed by atoms with Crippen LogP contribution in [0.25, 0.3) is 0 Å². The third-order valence-electron chi connectivity index (χ3n) is 5.18. The van der Waals surface area contributed by atoms with Crippen molar-refractivity contribution in [3.63, 3.8) is 0 Å². The number of amides is 2. The van der Waals surface area contributed by atoms with Gasteiger partial charge in [-0.15, -0.1) is 0 Å². The van der Waals surface area contributed by atoms with Crippen LogP contribution in [-0.2, 0) is 22.3 Å². The van der Waals surface area contributed by atoms with Gasteiger partial charge in [0.05, 0.1) is 30.3 Å². The number of rotatable bonds is 5. The Balaban J connectivity index is 1.73. The SMILES string of the molecule is Cc1cnn(CCNC(=O)C2CCC(=O)N(C)C2c2ccc(C(F)(F)F)cc2)c1. The lowest BCUT2D eigenvalue weighted by molar-refractivity contribution is -0.142. The van der Waals surface area contributed by atoms with Crippen LogP contribution in [0.4, 0.5) is 13.2 Å². The molecule has 29 heavy (non-hydrogen) atoms. The van der Waals surface area contributed by atoms with Crippen LogP contribution in [0.2, 0.25) is 0 Å². The van der Waals surface area contributed by atoms with E-state index < -0.39 is 23.7 Å². The highest BCUT2D eigenvalue weighted by Gasteiger charge is 2.39. The first kappa shape index (κ1) is 20.9. The number of hydrogen-bond donors (Lipinski definition) is 1. The molecule has 2 aromatic rings. The molecule has 0 saturated carbocycles. The Labute approximate surface area is 166 Å². The third kappa shape index (κ3) is 4.78. The largest absolute Gasteiger partial charge is 0.416 e. The number of piperidine rings is 1. The van der Waals surface area contributed by atoms with E-state index in [1.807, 2.05) is 13.1 Å². The second-order valence-electron chi connectivity index (χ2n) is 7.29. The zero-order valence-corrected chi connectivity index (χ0v) is 16.2. The van der Waals surface area contributed by atoms with Crippen molar-refractivity contribution in [1.82, 2.24) is 20.0 Å². The van der Waals surface area contributed by atoms with Crippen molar-refractivity contribution in [2.24, 2.45) is 5.92 Å². The predicted octanol–water partition coefficient (Wildman–Crippen LogP) is 2.94. The summed E-state index contributed by atoms with van der Waals surface area (Å²) in [4.78, 5) is 26.4. The predicted molar refractivity (Wildman–Crippen MR) is 99.7 cm³/mol. The van der Waals surface area contributed by atoms with Gasteiger partial charge in [-0.05, 0) is 36.6 Å². The Morgan fingerprint density at radius 1 is 1.28 bits per heavy atom. The van der Waals surface area contributed by atoms with Crippen LogP contribution in [0.3, 0.4) is 0 Å². The van der Waals surface area contributed by atoms with Gasteiger partial charge in [0, 0.05) is 26.2 Å². The maximum atomic E-state index is 12.9. The van der Waals surface area contributed by atoms with Crippen LogP contribution in [0.15, 0.2) is 36.7 Å². The summed E-state index contributed by atoms with van der Waals surface area (Å²) in [6.45, 7) is 2.80. The fourth-order valence-corrected chi connectivity index (χ4v) is 3.65. The van der Waals surface area contributed by atoms with E-state index in [1.165, 1.54) is 17.0 Å². The number of carbonyl (C=O) groups is 2. The fraction of sp³-hybridized carbons (Fsp3) is 0.450. The molecule has 2 heterocycles. The lowest BCUT2D eigenvalue weighted by atomic mass is 9.83. The fourth-order valence-electron chi connectivity index (χ4n) is 3.65. The third-order valence-corrected chi connectivity index (χ3v) is 5.18. The summed E-state index contributed by atoms with van der Waals surface area (Å²) in [5.74, 6) is -0.891. The molecule has 0 aliphatic carbocycles. The molecule has 1 fully saturated rings. The number of likely N-dealkylation sites (tertiary alicyclic amines) is 1. The van der Waals surface area contributed by atoms with E-state index in [4.69, 9.17) is 0 Å². The van der Waals surface area contributed by atoms with Gasteiger partial charge in [0.1, 0.15) is 0 Å². The van der Waals surface area contributed by atoms with Gasteiger partial charge >= 0.3 is 6.18 Å². The molecule has 2 atom stereocenters. The van der Waals surface area contributed by atoms with E-state index in [1.54, 1.807) is 17.9 Å². The average Bonchev–Trinajstić information content (AvgIpc) is 3.08. The van der Waals surface area contributed by atoms with E-state index in [0.717, 1.165) is 17.7 Å². The topological polar surface area (TPSA) is 67.2 Å². The number of alkyl halides is 3. The number of aryl methyl sites for hydroxylation is 1. The smallest absolute Gasteiger partial charge is 0.354 e. The molecule has 6 nitrogen and oxygen atoms in total. The number of aromatic nitrogens is 2. The number of nitrogens with zero attached hydrogens (tertiary/aromatic N) is 3. The van der Waals surface area contributed by atoms with Crippen LogP contribution < -0.4 is 5.32 Å². The van der Waals surface area contributed by atoms with E-state index in [-0.39, 0.29) is 18.2 Å². The molecule has 1 aromatic carbocycles. The van der Waals surface area contributed by atoms with E-state index >= 15 is 0 Å². The first-order chi connectivity index (χ1) is 13.7. The van der Waals surface area contributed by atoms with E-state index in [0.29, 0.717) is 25.1 Å². The molecule has 1 aliphatic rings. The molecule has 0 bridgehead atoms. The Hall–Kier alpha value is -2.84. The molecule has 1 saturated heterocycles. The van der Waals surface area contributed by atoms with Gasteiger partial charge in [-0.2, -0.15) is 18.3 Å². The molecule has 2 unspecified atom stereocenters. The van der Waals surface area contributed by atoms with Crippen LogP contribution in [0.1, 0.15) is 35.6 Å². The van der Waals surface area contributed by atoms with Gasteiger partial charge in [-0.3, -0.25) is 14.3 Å². The number of carbonyl (C=O) groups excluding carboxylic acids is 2. The van der Waals surface area contributed by atoms with Crippen molar-refractivity contribution in [2.75, 3.05) is 13.6 Å². The van der Waals surface area contributed by atoms with Crippen LogP contribution in [-0.4, -0.2) is 40.1 Å². The van der Waals surface area contributed by atoms with Crippen molar-refractivity contribution in [3.05, 3.63) is 53.3 Å². The highest BCUT2D eigenvalue weighted by atomic mass is 19.4. The molecule has 9 heteroatoms. The Morgan fingerprint density at radius 3 is 2.55 bits per heavy atom. The number of halogens is 3. The van der Waals surface area contributed by atoms with Gasteiger partial charge in [0.15, 0.2) is 0 Å². The number of benzene rings is 1. The first-order valence-corrected chi connectivity index (χ1v) is 9.36. The normalized spacial score (nSPS) is 20.0. The van der Waals surface area contributed by atoms with Crippen molar-refractivity contribution in [1.29, 1.82) is 0 Å². The molecule has 1 aromatic heterocycles. The summed E-state index contributed by atoms with van der Waals surface area (Å²) in [7, 11) is 1.58. The molecule has 1 N–H and O–H groups in total. The summed E-state index contributed by atoms with van der Waals surface area (Å²) in [6, 6.07) is 4.05. The summed E-state index contributed by atoms with van der Waals surface area (Å²) in [6.07, 6.45) is -0.269. The summed E-state index contributed by atoms with van der Waals surface area (Å²) in [5.41, 5.74) is 0.768. The number of nitrogens with one attached hydrogen (secondary N) is 1. The highest BCUT2D eigenvalue weighted by Crippen LogP contribution is 2.37. The quantitative estimate of drug-likeness (QED) is 0.827. The van der Waals surface area contributed by atoms with Gasteiger partial charge < -0.3 is 10.2 Å². The van der Waals surface area contributed by atoms with Crippen molar-refractivity contribution < 1.29 is 22.8 Å². The zero-order chi connectivity index (χ0) is 21.2. The monoisotopic (exact) mass is 408 g/mol. The Bertz CT molecular complexity index is 877. The van der Waals surface area contributed by atoms with Crippen molar-refractivity contribution in [3.8, 4) is 0 Å². The summed E-state index contributed by atoms with van der Waals surface area (Å²) in [5, 5.41) is 7.02. The first-order valence-electron chi connectivity index (χ1n) is 9.36. The van der Waals surface area contributed by atoms with Crippen LogP contribution >= 0.6 is 0 Å². The average molecular weight is 408 g/mol. The van der Waals surface area contributed by atoms with E-state index in [2.05, 4.69) is 10.4 Å². The maximum absolute atomic E-state index is 12.9. The molecule has 156 valence electrons. The maximum Gasteiger partial charge on any atom is 0.416 e. The van der Waals surface area contributed by atoms with Crippen molar-refractivity contribution >= 4 is 11.8 Å². The Morgan fingerprint density at radius 2 is 1.97 bits per heavy atom. The standard InChI is InChI=1S/C20H23F3N4O2/c1-13-11-25-27(12-13)10-9-24-19(29)16-7-8-17(28)26(2)18(16)14-3-5-15(6-4-14)20(21,22)23/h3-6,11-12,16,18H,7-10H2,1-2H3,(H,24,29). The minimum absolute atomic E-state index is 0.133. The minimum atomic E-state index is -4.44. The second kappa shape index (κ2) is 8.26. The Kier molecular flexibility index (Phi) is 5.95. The minimum Gasteiger partial charge on any atom is -0.354 e. The van der Waals surface area contributed by atoms with Gasteiger partial charge in [-0.25, -0.2) is 0 Å². The molecular formula is C20H23F3N4O2. The molecular weight excluding hydrogens is 385 g/mol. The lowest BCUT2D eigenvalue weighted by Gasteiger charge is -2.38. The lowest BCUT2D eigenvalue weighted by Crippen LogP contribution is -2.46.